The SMILES string of the molecule is CCN(C(=O)C1CCCCO1)c1cccc(C)c1. The molecule has 2 rings (SSSR count). The van der Waals surface area contributed by atoms with Crippen molar-refractivity contribution in [2.45, 2.75) is 39.2 Å². The normalized spacial score (nSPS) is 19.6. The third kappa shape index (κ3) is 2.91. The fraction of sp³-hybridized carbons (Fsp3) is 0.533. The van der Waals surface area contributed by atoms with E-state index >= 15 is 0 Å². The minimum Gasteiger partial charge on any atom is -0.368 e. The van der Waals surface area contributed by atoms with Gasteiger partial charge in [0.25, 0.3) is 5.91 Å². The van der Waals surface area contributed by atoms with Gasteiger partial charge in [-0.2, -0.15) is 0 Å². The van der Waals surface area contributed by atoms with Crippen LogP contribution in [0.5, 0.6) is 0 Å². The van der Waals surface area contributed by atoms with Crippen LogP contribution in [0.1, 0.15) is 31.7 Å². The minimum absolute atomic E-state index is 0.0998. The van der Waals surface area contributed by atoms with Gasteiger partial charge in [0.1, 0.15) is 6.10 Å². The van der Waals surface area contributed by atoms with Crippen molar-refractivity contribution in [3.05, 3.63) is 29.8 Å². The van der Waals surface area contributed by atoms with E-state index in [9.17, 15) is 4.79 Å². The number of nitrogens with zero attached hydrogens (tertiary/aromatic N) is 1. The zero-order valence-corrected chi connectivity index (χ0v) is 11.2. The second-order valence-electron chi connectivity index (χ2n) is 4.78. The largest absolute Gasteiger partial charge is 0.368 e. The van der Waals surface area contributed by atoms with Crippen LogP contribution in [0.15, 0.2) is 24.3 Å². The highest BCUT2D eigenvalue weighted by molar-refractivity contribution is 5.96. The third-order valence-electron chi connectivity index (χ3n) is 3.35. The lowest BCUT2D eigenvalue weighted by Crippen LogP contribution is -2.42. The Hall–Kier alpha value is -1.35. The highest BCUT2D eigenvalue weighted by Gasteiger charge is 2.26. The summed E-state index contributed by atoms with van der Waals surface area (Å²) in [5.74, 6) is 0.0998. The standard InChI is InChI=1S/C15H21NO2/c1-3-16(13-8-6-7-12(2)11-13)15(17)14-9-4-5-10-18-14/h6-8,11,14H,3-5,9-10H2,1-2H3. The van der Waals surface area contributed by atoms with Gasteiger partial charge in [0.05, 0.1) is 0 Å². The van der Waals surface area contributed by atoms with E-state index in [1.165, 1.54) is 5.56 Å². The number of hydrogen-bond donors (Lipinski definition) is 0. The lowest BCUT2D eigenvalue weighted by Gasteiger charge is -2.28. The van der Waals surface area contributed by atoms with Crippen LogP contribution >= 0.6 is 0 Å². The number of amides is 1. The van der Waals surface area contributed by atoms with E-state index in [0.29, 0.717) is 13.2 Å². The van der Waals surface area contributed by atoms with Crippen LogP contribution in [0, 0.1) is 6.92 Å². The van der Waals surface area contributed by atoms with Crippen molar-refractivity contribution in [1.29, 1.82) is 0 Å². The lowest BCUT2D eigenvalue weighted by molar-refractivity contribution is -0.132. The lowest BCUT2D eigenvalue weighted by atomic mass is 10.1. The zero-order valence-electron chi connectivity index (χ0n) is 11.2. The second kappa shape index (κ2) is 6.01. The molecule has 3 heteroatoms. The average Bonchev–Trinajstić information content (AvgIpc) is 2.40. The molecule has 1 aliphatic heterocycles. The fourth-order valence-corrected chi connectivity index (χ4v) is 2.37. The number of ether oxygens (including phenoxy) is 1. The van der Waals surface area contributed by atoms with Crippen molar-refractivity contribution in [2.75, 3.05) is 18.1 Å². The first-order valence-corrected chi connectivity index (χ1v) is 6.72. The Morgan fingerprint density at radius 1 is 1.44 bits per heavy atom. The van der Waals surface area contributed by atoms with Crippen molar-refractivity contribution in [3.63, 3.8) is 0 Å². The summed E-state index contributed by atoms with van der Waals surface area (Å²) in [6.45, 7) is 5.44. The van der Waals surface area contributed by atoms with Gasteiger partial charge in [-0.3, -0.25) is 4.79 Å². The molecule has 0 aliphatic carbocycles. The molecule has 1 heterocycles. The Bertz CT molecular complexity index is 411. The first-order valence-electron chi connectivity index (χ1n) is 6.72. The van der Waals surface area contributed by atoms with Gasteiger partial charge >= 0.3 is 0 Å². The summed E-state index contributed by atoms with van der Waals surface area (Å²) in [6, 6.07) is 8.06. The number of rotatable bonds is 3. The van der Waals surface area contributed by atoms with Gasteiger partial charge in [-0.05, 0) is 50.8 Å². The van der Waals surface area contributed by atoms with Crippen LogP contribution in [0.25, 0.3) is 0 Å². The van der Waals surface area contributed by atoms with Gasteiger partial charge in [-0.15, -0.1) is 0 Å². The van der Waals surface area contributed by atoms with Crippen molar-refractivity contribution >= 4 is 11.6 Å². The number of hydrogen-bond acceptors (Lipinski definition) is 2. The van der Waals surface area contributed by atoms with E-state index in [2.05, 4.69) is 0 Å². The molecular weight excluding hydrogens is 226 g/mol. The summed E-state index contributed by atoms with van der Waals surface area (Å²) in [7, 11) is 0. The monoisotopic (exact) mass is 247 g/mol. The summed E-state index contributed by atoms with van der Waals surface area (Å²) in [5, 5.41) is 0. The summed E-state index contributed by atoms with van der Waals surface area (Å²) >= 11 is 0. The van der Waals surface area contributed by atoms with E-state index in [0.717, 1.165) is 24.9 Å². The number of aryl methyl sites for hydroxylation is 1. The topological polar surface area (TPSA) is 29.5 Å². The first kappa shape index (κ1) is 13.1. The van der Waals surface area contributed by atoms with Gasteiger partial charge in [-0.1, -0.05) is 12.1 Å². The predicted octanol–water partition coefficient (Wildman–Crippen LogP) is 2.92. The third-order valence-corrected chi connectivity index (χ3v) is 3.35. The average molecular weight is 247 g/mol. The minimum atomic E-state index is -0.251. The Balaban J connectivity index is 2.14. The van der Waals surface area contributed by atoms with Gasteiger partial charge in [0.2, 0.25) is 0 Å². The van der Waals surface area contributed by atoms with Crippen LogP contribution in [0.2, 0.25) is 0 Å². The van der Waals surface area contributed by atoms with Crippen molar-refractivity contribution in [2.24, 2.45) is 0 Å². The first-order chi connectivity index (χ1) is 8.72. The molecule has 0 radical (unpaired) electrons. The smallest absolute Gasteiger partial charge is 0.256 e. The molecule has 98 valence electrons. The van der Waals surface area contributed by atoms with E-state index in [4.69, 9.17) is 4.74 Å². The molecule has 18 heavy (non-hydrogen) atoms. The molecule has 1 aromatic carbocycles. The molecule has 0 N–H and O–H groups in total. The molecule has 1 fully saturated rings. The van der Waals surface area contributed by atoms with Gasteiger partial charge < -0.3 is 9.64 Å². The molecular formula is C15H21NO2. The molecule has 0 spiro atoms. The molecule has 1 amide bonds. The molecule has 0 bridgehead atoms. The zero-order chi connectivity index (χ0) is 13.0. The van der Waals surface area contributed by atoms with Crippen molar-refractivity contribution in [3.8, 4) is 0 Å². The summed E-state index contributed by atoms with van der Waals surface area (Å²) in [4.78, 5) is 14.3. The number of likely N-dealkylation sites (N-methyl/N-ethyl adjacent to an activating group) is 1. The molecule has 1 atom stereocenters. The molecule has 3 nitrogen and oxygen atoms in total. The Kier molecular flexibility index (Phi) is 4.37. The van der Waals surface area contributed by atoms with E-state index < -0.39 is 0 Å². The maximum atomic E-state index is 12.4. The van der Waals surface area contributed by atoms with Crippen LogP contribution in [0.3, 0.4) is 0 Å². The second-order valence-corrected chi connectivity index (χ2v) is 4.78. The van der Waals surface area contributed by atoms with Crippen molar-refractivity contribution in [1.82, 2.24) is 0 Å². The number of carbonyl (C=O) groups is 1. The Morgan fingerprint density at radius 2 is 2.28 bits per heavy atom. The molecule has 1 unspecified atom stereocenters. The van der Waals surface area contributed by atoms with E-state index in [-0.39, 0.29) is 12.0 Å². The van der Waals surface area contributed by atoms with Crippen molar-refractivity contribution < 1.29 is 9.53 Å². The number of benzene rings is 1. The highest BCUT2D eigenvalue weighted by Crippen LogP contribution is 2.21. The predicted molar refractivity (Wildman–Crippen MR) is 72.8 cm³/mol. The Morgan fingerprint density at radius 3 is 2.89 bits per heavy atom. The molecule has 1 aliphatic rings. The fourth-order valence-electron chi connectivity index (χ4n) is 2.37. The van der Waals surface area contributed by atoms with Crippen LogP contribution < -0.4 is 4.90 Å². The molecule has 1 aromatic rings. The molecule has 0 aromatic heterocycles. The summed E-state index contributed by atoms with van der Waals surface area (Å²) < 4.78 is 5.58. The summed E-state index contributed by atoms with van der Waals surface area (Å²) in [5.41, 5.74) is 2.14. The van der Waals surface area contributed by atoms with Gasteiger partial charge in [-0.25, -0.2) is 0 Å². The van der Waals surface area contributed by atoms with Crippen LogP contribution in [0.4, 0.5) is 5.69 Å². The Labute approximate surface area is 109 Å². The maximum absolute atomic E-state index is 12.4. The van der Waals surface area contributed by atoms with E-state index in [1.54, 1.807) is 0 Å². The van der Waals surface area contributed by atoms with E-state index in [1.807, 2.05) is 43.0 Å². The number of anilines is 1. The number of carbonyl (C=O) groups excluding carboxylic acids is 1. The quantitative estimate of drug-likeness (QED) is 0.822. The molecule has 0 saturated carbocycles. The van der Waals surface area contributed by atoms with Gasteiger partial charge in [0, 0.05) is 18.8 Å². The van der Waals surface area contributed by atoms with Crippen LogP contribution in [-0.2, 0) is 9.53 Å². The summed E-state index contributed by atoms with van der Waals surface area (Å²) in [6.07, 6.45) is 2.75. The van der Waals surface area contributed by atoms with Gasteiger partial charge in [0.15, 0.2) is 0 Å². The highest BCUT2D eigenvalue weighted by atomic mass is 16.5. The maximum Gasteiger partial charge on any atom is 0.256 e. The molecule has 1 saturated heterocycles. The van der Waals surface area contributed by atoms with Crippen LogP contribution in [-0.4, -0.2) is 25.2 Å².